The first-order valence-corrected chi connectivity index (χ1v) is 27.0. The average Bonchev–Trinajstić information content (AvgIpc) is 3.30. The highest BCUT2D eigenvalue weighted by molar-refractivity contribution is 7.99. The van der Waals surface area contributed by atoms with Crippen LogP contribution in [-0.4, -0.2) is 48.5 Å². The molecule has 0 fully saturated rings. The molecule has 326 valence electrons. The first-order chi connectivity index (χ1) is 30.6. The lowest BCUT2D eigenvalue weighted by molar-refractivity contribution is 0.461. The van der Waals surface area contributed by atoms with Gasteiger partial charge in [-0.1, -0.05) is 108 Å². The maximum Gasteiger partial charge on any atom is 0.124 e. The zero-order valence-electron chi connectivity index (χ0n) is 35.3. The van der Waals surface area contributed by atoms with E-state index < -0.39 is 34.8 Å². The summed E-state index contributed by atoms with van der Waals surface area (Å²) in [4.78, 5) is -0.355. The fourth-order valence-corrected chi connectivity index (χ4v) is 18.2. The molecule has 0 radical (unpaired) electrons. The Kier molecular flexibility index (Phi) is 15.7. The fraction of sp³-hybridized carbons (Fsp3) is 0.0769. The summed E-state index contributed by atoms with van der Waals surface area (Å²) >= 11 is 0. The minimum absolute atomic E-state index is 0.178. The lowest BCUT2D eigenvalue weighted by Crippen LogP contribution is -2.39. The van der Waals surface area contributed by atoms with Crippen molar-refractivity contribution in [3.63, 3.8) is 0 Å². The lowest BCUT2D eigenvalue weighted by Gasteiger charge is -2.32. The summed E-state index contributed by atoms with van der Waals surface area (Å²) in [6.45, 7) is 3.64. The highest BCUT2D eigenvalue weighted by Crippen LogP contribution is 2.62. The van der Waals surface area contributed by atoms with Gasteiger partial charge in [-0.3, -0.25) is 0 Å². The standard InChI is InChI=1S/C38H32O2P2.2C7H8O3S/c39-31-21-25-37(26-22-31)41(33-13-5-1-6-14-33,34-15-7-2-8-16-34)29-30-42(35-17-9-3-10-18-35,36-19-11-4-12-20-36)38-27-23-32(40)24-28-38;2*1-6-2-4-7(5-3-6)11(8,9)10/h1-28H,29-30H2;2*2-5H,1H3,(H,8,9,10). The number of phenolic OH excluding ortho intramolecular Hbond substituents is 2. The van der Waals surface area contributed by atoms with Gasteiger partial charge in [0.05, 0.1) is 9.79 Å². The topological polar surface area (TPSA) is 155 Å². The normalized spacial score (nSPS) is 11.6. The predicted octanol–water partition coefficient (Wildman–Crippen LogP) is 8.18. The Bertz CT molecular complexity index is 2640. The van der Waals surface area contributed by atoms with Crippen molar-refractivity contribution in [1.82, 2.24) is 0 Å². The van der Waals surface area contributed by atoms with Crippen molar-refractivity contribution in [2.45, 2.75) is 23.6 Å². The van der Waals surface area contributed by atoms with Crippen molar-refractivity contribution in [1.29, 1.82) is 0 Å². The van der Waals surface area contributed by atoms with E-state index in [1.807, 2.05) is 38.1 Å². The highest BCUT2D eigenvalue weighted by Gasteiger charge is 2.52. The van der Waals surface area contributed by atoms with Gasteiger partial charge in [-0.25, -0.2) is 16.8 Å². The second-order valence-corrected chi connectivity index (χ2v) is 25.0. The second-order valence-electron chi connectivity index (χ2n) is 15.0. The molecule has 64 heavy (non-hydrogen) atoms. The van der Waals surface area contributed by atoms with Gasteiger partial charge in [0.2, 0.25) is 0 Å². The minimum atomic E-state index is -4.27. The van der Waals surface area contributed by atoms with Crippen LogP contribution in [0.1, 0.15) is 11.1 Å². The first kappa shape index (κ1) is 47.5. The SMILES string of the molecule is Cc1ccc(S(=O)(=O)[O-])cc1.Cc1ccc(S(=O)(=O)[O-])cc1.Oc1ccc([P+](CC[P+](c2ccccc2)(c2ccccc2)c2ccc(O)cc2)(c2ccccc2)c2ccccc2)cc1. The van der Waals surface area contributed by atoms with Crippen LogP contribution in [0.5, 0.6) is 11.5 Å². The Morgan fingerprint density at radius 3 is 0.781 bits per heavy atom. The average molecular weight is 927 g/mol. The van der Waals surface area contributed by atoms with Crippen LogP contribution in [0.25, 0.3) is 0 Å². The van der Waals surface area contributed by atoms with E-state index in [0.29, 0.717) is 0 Å². The molecule has 8 nitrogen and oxygen atoms in total. The van der Waals surface area contributed by atoms with Gasteiger partial charge in [0.15, 0.2) is 0 Å². The molecule has 2 N–H and O–H groups in total. The van der Waals surface area contributed by atoms with Crippen molar-refractivity contribution in [3.8, 4) is 11.5 Å². The Hall–Kier alpha value is -5.96. The van der Waals surface area contributed by atoms with Gasteiger partial charge < -0.3 is 19.3 Å². The smallest absolute Gasteiger partial charge is 0.124 e. The minimum Gasteiger partial charge on any atom is -0.744 e. The van der Waals surface area contributed by atoms with Crippen molar-refractivity contribution in [2.24, 2.45) is 0 Å². The van der Waals surface area contributed by atoms with Crippen LogP contribution in [0, 0.1) is 13.8 Å². The number of benzene rings is 8. The third kappa shape index (κ3) is 11.6. The number of aryl methyl sites for hydroxylation is 2. The van der Waals surface area contributed by atoms with E-state index in [1.54, 1.807) is 24.3 Å². The van der Waals surface area contributed by atoms with E-state index >= 15 is 0 Å². The molecule has 0 saturated heterocycles. The highest BCUT2D eigenvalue weighted by atomic mass is 32.2. The molecule has 8 rings (SSSR count). The molecule has 8 aromatic carbocycles. The monoisotopic (exact) mass is 926 g/mol. The van der Waals surface area contributed by atoms with Crippen LogP contribution in [-0.2, 0) is 20.2 Å². The molecule has 8 aromatic rings. The molecule has 0 atom stereocenters. The van der Waals surface area contributed by atoms with Crippen LogP contribution < -0.4 is 31.8 Å². The Morgan fingerprint density at radius 2 is 0.562 bits per heavy atom. The molecule has 0 aliphatic carbocycles. The summed E-state index contributed by atoms with van der Waals surface area (Å²) in [6, 6.07) is 71.1. The van der Waals surface area contributed by atoms with Crippen LogP contribution in [0.2, 0.25) is 0 Å². The number of aromatic hydroxyl groups is 2. The number of rotatable bonds is 11. The summed E-state index contributed by atoms with van der Waals surface area (Å²) in [7, 11) is -12.9. The zero-order valence-corrected chi connectivity index (χ0v) is 38.7. The quantitative estimate of drug-likeness (QED) is 0.0973. The second kappa shape index (κ2) is 21.1. The largest absolute Gasteiger partial charge is 0.744 e. The van der Waals surface area contributed by atoms with E-state index in [9.17, 15) is 36.2 Å². The van der Waals surface area contributed by atoms with Gasteiger partial charge in [-0.15, -0.1) is 0 Å². The third-order valence-corrected chi connectivity index (χ3v) is 21.7. The van der Waals surface area contributed by atoms with Crippen molar-refractivity contribution in [2.75, 3.05) is 12.3 Å². The summed E-state index contributed by atoms with van der Waals surface area (Å²) in [5.41, 5.74) is 1.86. The molecule has 0 spiro atoms. The van der Waals surface area contributed by atoms with Crippen molar-refractivity contribution < 1.29 is 36.2 Å². The third-order valence-electron chi connectivity index (χ3n) is 10.8. The van der Waals surface area contributed by atoms with E-state index in [4.69, 9.17) is 0 Å². The Labute approximate surface area is 377 Å². The summed E-state index contributed by atoms with van der Waals surface area (Å²) < 4.78 is 62.3. The van der Waals surface area contributed by atoms with Gasteiger partial charge in [-0.05, 0) is 135 Å². The van der Waals surface area contributed by atoms with Gasteiger partial charge >= 0.3 is 0 Å². The van der Waals surface area contributed by atoms with Gasteiger partial charge in [0.25, 0.3) is 0 Å². The van der Waals surface area contributed by atoms with E-state index in [-0.39, 0.29) is 21.3 Å². The molecule has 0 aromatic heterocycles. The van der Waals surface area contributed by atoms with Crippen LogP contribution in [0.15, 0.2) is 228 Å². The molecule has 0 saturated carbocycles. The van der Waals surface area contributed by atoms with Crippen molar-refractivity contribution in [3.05, 3.63) is 230 Å². The summed E-state index contributed by atoms with van der Waals surface area (Å²) in [6.07, 6.45) is 1.87. The van der Waals surface area contributed by atoms with Gasteiger partial charge in [0, 0.05) is 0 Å². The van der Waals surface area contributed by atoms with Crippen LogP contribution >= 0.6 is 14.5 Å². The zero-order chi connectivity index (χ0) is 45.8. The number of hydrogen-bond acceptors (Lipinski definition) is 8. The molecule has 0 heterocycles. The maximum atomic E-state index is 10.4. The number of hydrogen-bond donors (Lipinski definition) is 2. The molecule has 0 aliphatic rings. The first-order valence-electron chi connectivity index (χ1n) is 20.3. The molecule has 0 bridgehead atoms. The maximum absolute atomic E-state index is 10.4. The van der Waals surface area contributed by atoms with Crippen LogP contribution in [0.3, 0.4) is 0 Å². The molecule has 0 aliphatic heterocycles. The van der Waals surface area contributed by atoms with Gasteiger partial charge in [-0.2, -0.15) is 0 Å². The van der Waals surface area contributed by atoms with Crippen molar-refractivity contribution >= 4 is 66.6 Å². The predicted molar refractivity (Wildman–Crippen MR) is 262 cm³/mol. The molecule has 0 unspecified atom stereocenters. The lowest BCUT2D eigenvalue weighted by atomic mass is 10.2. The van der Waals surface area contributed by atoms with E-state index in [2.05, 4.69) is 146 Å². The van der Waals surface area contributed by atoms with Gasteiger partial charge in [0.1, 0.15) is 90.4 Å². The van der Waals surface area contributed by atoms with E-state index in [0.717, 1.165) is 23.5 Å². The Morgan fingerprint density at radius 1 is 0.344 bits per heavy atom. The summed E-state index contributed by atoms with van der Waals surface area (Å²) in [5, 5.41) is 28.4. The van der Waals surface area contributed by atoms with E-state index in [1.165, 1.54) is 56.1 Å². The molecule has 0 amide bonds. The molecular weight excluding hydrogens is 879 g/mol. The number of phenols is 2. The fourth-order valence-electron chi connectivity index (χ4n) is 7.52. The van der Waals surface area contributed by atoms with Crippen LogP contribution in [0.4, 0.5) is 0 Å². The molecular formula is C52H48O8P2S2. The molecule has 12 heteroatoms. The Balaban J connectivity index is 0.000000252. The summed E-state index contributed by atoms with van der Waals surface area (Å²) in [5.74, 6) is 0.551.